The van der Waals surface area contributed by atoms with Gasteiger partial charge in [-0.2, -0.15) is 11.8 Å². The van der Waals surface area contributed by atoms with Gasteiger partial charge in [0.2, 0.25) is 17.7 Å². The molecule has 0 aliphatic rings. The average Bonchev–Trinajstić information content (AvgIpc) is 3.22. The summed E-state index contributed by atoms with van der Waals surface area (Å²) in [7, 11) is 0. The first kappa shape index (κ1) is 28.2. The molecular formula is C24H35N5O5S. The fourth-order valence-electron chi connectivity index (χ4n) is 3.72. The van der Waals surface area contributed by atoms with Gasteiger partial charge in [-0.25, -0.2) is 4.79 Å². The number of nitrogens with one attached hydrogen (secondary N) is 4. The van der Waals surface area contributed by atoms with E-state index in [0.717, 1.165) is 16.5 Å². The summed E-state index contributed by atoms with van der Waals surface area (Å²) < 4.78 is 0. The highest BCUT2D eigenvalue weighted by Gasteiger charge is 2.30. The molecule has 2 aromatic rings. The second kappa shape index (κ2) is 13.7. The van der Waals surface area contributed by atoms with Crippen molar-refractivity contribution in [2.45, 2.75) is 51.2 Å². The van der Waals surface area contributed by atoms with E-state index in [1.807, 2.05) is 44.4 Å². The topological polar surface area (TPSA) is 166 Å². The van der Waals surface area contributed by atoms with Crippen LogP contribution in [-0.4, -0.2) is 70.5 Å². The highest BCUT2D eigenvalue weighted by molar-refractivity contribution is 7.98. The van der Waals surface area contributed by atoms with Gasteiger partial charge < -0.3 is 31.8 Å². The Kier molecular flexibility index (Phi) is 11.1. The molecular weight excluding hydrogens is 470 g/mol. The highest BCUT2D eigenvalue weighted by Crippen LogP contribution is 2.19. The summed E-state index contributed by atoms with van der Waals surface area (Å²) in [6, 6.07) is 4.61. The SMILES string of the molecule is CSCCC(NC(=O)C(Cc1c[nH]c2ccccc12)NC(=O)CN)C(=O)NC(CC(C)C)C(=O)O. The number of aromatic nitrogens is 1. The first-order valence-corrected chi connectivity index (χ1v) is 12.9. The molecule has 11 heteroatoms. The number of thioether (sulfide) groups is 1. The van der Waals surface area contributed by atoms with Gasteiger partial charge in [0.05, 0.1) is 6.54 Å². The number of amides is 3. The minimum absolute atomic E-state index is 0.0580. The normalized spacial score (nSPS) is 13.7. The van der Waals surface area contributed by atoms with Crippen LogP contribution in [0.25, 0.3) is 10.9 Å². The molecule has 0 bridgehead atoms. The van der Waals surface area contributed by atoms with Crippen LogP contribution in [0, 0.1) is 5.92 Å². The van der Waals surface area contributed by atoms with Gasteiger partial charge in [-0.15, -0.1) is 0 Å². The van der Waals surface area contributed by atoms with Crippen LogP contribution in [0.4, 0.5) is 0 Å². The van der Waals surface area contributed by atoms with E-state index in [9.17, 15) is 24.3 Å². The minimum Gasteiger partial charge on any atom is -0.480 e. The van der Waals surface area contributed by atoms with Crippen LogP contribution in [0.5, 0.6) is 0 Å². The number of nitrogens with two attached hydrogens (primary N) is 1. The summed E-state index contributed by atoms with van der Waals surface area (Å²) in [5, 5.41) is 18.3. The Morgan fingerprint density at radius 1 is 1.03 bits per heavy atom. The number of fused-ring (bicyclic) bond motifs is 1. The van der Waals surface area contributed by atoms with E-state index in [2.05, 4.69) is 20.9 Å². The van der Waals surface area contributed by atoms with E-state index < -0.39 is 41.8 Å². The Morgan fingerprint density at radius 3 is 2.31 bits per heavy atom. The summed E-state index contributed by atoms with van der Waals surface area (Å²) in [6.45, 7) is 3.44. The van der Waals surface area contributed by atoms with Gasteiger partial charge in [-0.3, -0.25) is 14.4 Å². The third kappa shape index (κ3) is 8.59. The number of hydrogen-bond donors (Lipinski definition) is 6. The van der Waals surface area contributed by atoms with Crippen LogP contribution in [0.1, 0.15) is 32.3 Å². The Balaban J connectivity index is 2.21. The first-order chi connectivity index (χ1) is 16.7. The number of rotatable bonds is 14. The predicted octanol–water partition coefficient (Wildman–Crippen LogP) is 1.01. The third-order valence-corrected chi connectivity index (χ3v) is 6.15. The van der Waals surface area contributed by atoms with Crippen LogP contribution in [0.3, 0.4) is 0 Å². The van der Waals surface area contributed by atoms with Gasteiger partial charge in [-0.1, -0.05) is 32.0 Å². The second-order valence-electron chi connectivity index (χ2n) is 8.76. The van der Waals surface area contributed by atoms with Crippen molar-refractivity contribution in [2.24, 2.45) is 11.7 Å². The molecule has 0 radical (unpaired) electrons. The lowest BCUT2D eigenvalue weighted by Crippen LogP contribution is -2.57. The lowest BCUT2D eigenvalue weighted by atomic mass is 10.0. The van der Waals surface area contributed by atoms with E-state index >= 15 is 0 Å². The van der Waals surface area contributed by atoms with Crippen LogP contribution < -0.4 is 21.7 Å². The standard InChI is InChI=1S/C24H35N5O5S/c1-14(2)10-20(24(33)34)29-22(31)18(8-9-35-3)28-23(32)19(27-21(30)12-25)11-15-13-26-17-7-5-4-6-16(15)17/h4-7,13-14,18-20,26H,8-12,25H2,1-3H3,(H,27,30)(H,28,32)(H,29,31)(H,33,34). The molecule has 1 heterocycles. The number of aliphatic carboxylic acids is 1. The zero-order valence-corrected chi connectivity index (χ0v) is 21.1. The molecule has 192 valence electrons. The minimum atomic E-state index is -1.13. The summed E-state index contributed by atoms with van der Waals surface area (Å²) in [6.07, 6.45) is 4.40. The van der Waals surface area contributed by atoms with Crippen molar-refractivity contribution in [3.63, 3.8) is 0 Å². The molecule has 0 saturated heterocycles. The van der Waals surface area contributed by atoms with Gasteiger partial charge in [-0.05, 0) is 42.4 Å². The molecule has 0 aliphatic heterocycles. The van der Waals surface area contributed by atoms with Crippen LogP contribution in [-0.2, 0) is 25.6 Å². The van der Waals surface area contributed by atoms with Gasteiger partial charge in [0, 0.05) is 23.5 Å². The number of carboxylic acid groups (broad SMARTS) is 1. The monoisotopic (exact) mass is 505 g/mol. The lowest BCUT2D eigenvalue weighted by molar-refractivity contribution is -0.142. The van der Waals surface area contributed by atoms with Crippen LogP contribution in [0.2, 0.25) is 0 Å². The molecule has 0 fully saturated rings. The van der Waals surface area contributed by atoms with Crippen molar-refractivity contribution < 1.29 is 24.3 Å². The molecule has 0 aliphatic carbocycles. The Bertz CT molecular complexity index is 1020. The van der Waals surface area contributed by atoms with Crippen molar-refractivity contribution in [3.8, 4) is 0 Å². The van der Waals surface area contributed by atoms with Crippen molar-refractivity contribution >= 4 is 46.4 Å². The fraction of sp³-hybridized carbons (Fsp3) is 0.500. The molecule has 3 atom stereocenters. The van der Waals surface area contributed by atoms with E-state index in [1.165, 1.54) is 11.8 Å². The summed E-state index contributed by atoms with van der Waals surface area (Å²) >= 11 is 1.50. The number of carboxylic acids is 1. The highest BCUT2D eigenvalue weighted by atomic mass is 32.2. The zero-order valence-electron chi connectivity index (χ0n) is 20.3. The Morgan fingerprint density at radius 2 is 1.69 bits per heavy atom. The second-order valence-corrected chi connectivity index (χ2v) is 9.75. The van der Waals surface area contributed by atoms with Crippen LogP contribution >= 0.6 is 11.8 Å². The van der Waals surface area contributed by atoms with Gasteiger partial charge >= 0.3 is 5.97 Å². The predicted molar refractivity (Wildman–Crippen MR) is 137 cm³/mol. The Labute approximate surface area is 209 Å². The maximum Gasteiger partial charge on any atom is 0.326 e. The maximum absolute atomic E-state index is 13.3. The van der Waals surface area contributed by atoms with E-state index in [0.29, 0.717) is 12.2 Å². The summed E-state index contributed by atoms with van der Waals surface area (Å²) in [4.78, 5) is 53.0. The zero-order chi connectivity index (χ0) is 26.0. The Hall–Kier alpha value is -3.05. The number of hydrogen-bond acceptors (Lipinski definition) is 6. The molecule has 1 aromatic heterocycles. The fourth-order valence-corrected chi connectivity index (χ4v) is 4.20. The smallest absolute Gasteiger partial charge is 0.326 e. The van der Waals surface area contributed by atoms with Crippen molar-refractivity contribution in [1.29, 1.82) is 0 Å². The molecule has 3 unspecified atom stereocenters. The molecule has 7 N–H and O–H groups in total. The van der Waals surface area contributed by atoms with Crippen molar-refractivity contribution in [1.82, 2.24) is 20.9 Å². The quantitative estimate of drug-likeness (QED) is 0.223. The van der Waals surface area contributed by atoms with Gasteiger partial charge in [0.15, 0.2) is 0 Å². The number of carbonyl (C=O) groups is 4. The molecule has 35 heavy (non-hydrogen) atoms. The van der Waals surface area contributed by atoms with Gasteiger partial charge in [0.1, 0.15) is 18.1 Å². The number of para-hydroxylation sites is 1. The molecule has 3 amide bonds. The molecule has 10 nitrogen and oxygen atoms in total. The molecule has 2 rings (SSSR count). The maximum atomic E-state index is 13.3. The average molecular weight is 506 g/mol. The van der Waals surface area contributed by atoms with Gasteiger partial charge in [0.25, 0.3) is 0 Å². The molecule has 0 spiro atoms. The van der Waals surface area contributed by atoms with E-state index in [4.69, 9.17) is 5.73 Å². The van der Waals surface area contributed by atoms with Crippen molar-refractivity contribution in [2.75, 3.05) is 18.6 Å². The van der Waals surface area contributed by atoms with Crippen molar-refractivity contribution in [3.05, 3.63) is 36.0 Å². The third-order valence-electron chi connectivity index (χ3n) is 5.50. The summed E-state index contributed by atoms with van der Waals surface area (Å²) in [5.74, 6) is -2.12. The molecule has 1 aromatic carbocycles. The number of H-pyrrole nitrogens is 1. The largest absolute Gasteiger partial charge is 0.480 e. The summed E-state index contributed by atoms with van der Waals surface area (Å²) in [5.41, 5.74) is 7.17. The first-order valence-electron chi connectivity index (χ1n) is 11.5. The van der Waals surface area contributed by atoms with E-state index in [1.54, 1.807) is 6.20 Å². The molecule has 0 saturated carbocycles. The van der Waals surface area contributed by atoms with Crippen LogP contribution in [0.15, 0.2) is 30.5 Å². The van der Waals surface area contributed by atoms with E-state index in [-0.39, 0.29) is 25.3 Å². The number of aromatic amines is 1. The number of benzene rings is 1. The number of carbonyl (C=O) groups excluding carboxylic acids is 3. The lowest BCUT2D eigenvalue weighted by Gasteiger charge is -2.25.